The molecule has 104 valence electrons. The van der Waals surface area contributed by atoms with Crippen molar-refractivity contribution >= 4 is 16.6 Å². The van der Waals surface area contributed by atoms with Crippen LogP contribution in [0.15, 0.2) is 18.2 Å². The highest BCUT2D eigenvalue weighted by Gasteiger charge is 2.42. The first kappa shape index (κ1) is 13.5. The molecule has 2 heterocycles. The summed E-state index contributed by atoms with van der Waals surface area (Å²) in [5.74, 6) is 0.106. The molecule has 1 aromatic carbocycles. The number of nitrogens with zero attached hydrogens (tertiary/aromatic N) is 1. The SMILES string of the molecule is Cc1ccc(C(=O)C2CC3CCC(C2)S3=O)cc1C#N. The molecule has 0 amide bonds. The Morgan fingerprint density at radius 3 is 2.55 bits per heavy atom. The minimum Gasteiger partial charge on any atom is -0.294 e. The first-order valence-corrected chi connectivity index (χ1v) is 8.32. The van der Waals surface area contributed by atoms with Crippen LogP contribution in [-0.2, 0) is 10.8 Å². The third-order valence-corrected chi connectivity index (χ3v) is 6.75. The fourth-order valence-corrected chi connectivity index (χ4v) is 5.50. The first-order chi connectivity index (χ1) is 9.60. The van der Waals surface area contributed by atoms with Gasteiger partial charge in [-0.15, -0.1) is 0 Å². The van der Waals surface area contributed by atoms with Gasteiger partial charge in [0.05, 0.1) is 11.6 Å². The Kier molecular flexibility index (Phi) is 3.47. The zero-order valence-corrected chi connectivity index (χ0v) is 12.3. The lowest BCUT2D eigenvalue weighted by Gasteiger charge is -2.26. The molecule has 0 N–H and O–H groups in total. The van der Waals surface area contributed by atoms with E-state index in [9.17, 15) is 9.00 Å². The van der Waals surface area contributed by atoms with Gasteiger partial charge in [-0.2, -0.15) is 5.26 Å². The molecule has 20 heavy (non-hydrogen) atoms. The highest BCUT2D eigenvalue weighted by Crippen LogP contribution is 2.39. The Bertz CT molecular complexity index is 616. The van der Waals surface area contributed by atoms with Crippen molar-refractivity contribution in [1.82, 2.24) is 0 Å². The lowest BCUT2D eigenvalue weighted by Crippen LogP contribution is -2.32. The number of fused-ring (bicyclic) bond motifs is 2. The zero-order chi connectivity index (χ0) is 14.3. The topological polar surface area (TPSA) is 57.9 Å². The standard InChI is InChI=1S/C16H17NO2S/c1-10-2-3-11(6-13(10)9-17)16(18)12-7-14-4-5-15(8-12)20(14)19/h2-3,6,12,14-15H,4-5,7-8H2,1H3. The second kappa shape index (κ2) is 5.14. The normalized spacial score (nSPS) is 31.8. The Balaban J connectivity index is 1.84. The Morgan fingerprint density at radius 2 is 1.95 bits per heavy atom. The van der Waals surface area contributed by atoms with E-state index in [0.29, 0.717) is 11.1 Å². The number of nitriles is 1. The smallest absolute Gasteiger partial charge is 0.166 e. The lowest BCUT2D eigenvalue weighted by atomic mass is 9.89. The van der Waals surface area contributed by atoms with Gasteiger partial charge in [0, 0.05) is 32.8 Å². The van der Waals surface area contributed by atoms with E-state index in [1.165, 1.54) is 0 Å². The number of ketones is 1. The van der Waals surface area contributed by atoms with Gasteiger partial charge in [0.2, 0.25) is 0 Å². The molecule has 4 heteroatoms. The molecule has 2 aliphatic heterocycles. The van der Waals surface area contributed by atoms with Crippen molar-refractivity contribution < 1.29 is 9.00 Å². The van der Waals surface area contributed by atoms with Gasteiger partial charge in [-0.05, 0) is 44.2 Å². The average molecular weight is 287 g/mol. The molecule has 0 spiro atoms. The zero-order valence-electron chi connectivity index (χ0n) is 11.5. The summed E-state index contributed by atoms with van der Waals surface area (Å²) in [6.07, 6.45) is 3.49. The number of rotatable bonds is 2. The van der Waals surface area contributed by atoms with Crippen molar-refractivity contribution in [1.29, 1.82) is 5.26 Å². The molecule has 2 aliphatic rings. The van der Waals surface area contributed by atoms with Crippen LogP contribution >= 0.6 is 0 Å². The van der Waals surface area contributed by atoms with Crippen LogP contribution in [0.5, 0.6) is 0 Å². The predicted octanol–water partition coefficient (Wildman–Crippen LogP) is 2.74. The molecule has 2 bridgehead atoms. The molecule has 0 aliphatic carbocycles. The molecule has 0 radical (unpaired) electrons. The molecule has 3 nitrogen and oxygen atoms in total. The second-order valence-corrected chi connectivity index (χ2v) is 7.81. The van der Waals surface area contributed by atoms with Crippen LogP contribution in [0.2, 0.25) is 0 Å². The van der Waals surface area contributed by atoms with Crippen LogP contribution in [0.4, 0.5) is 0 Å². The van der Waals surface area contributed by atoms with Crippen molar-refractivity contribution in [3.8, 4) is 6.07 Å². The van der Waals surface area contributed by atoms with Gasteiger partial charge < -0.3 is 0 Å². The maximum atomic E-state index is 12.6. The van der Waals surface area contributed by atoms with E-state index >= 15 is 0 Å². The predicted molar refractivity (Wildman–Crippen MR) is 77.9 cm³/mol. The van der Waals surface area contributed by atoms with Crippen molar-refractivity contribution in [3.63, 3.8) is 0 Å². The molecular formula is C16H17NO2S. The monoisotopic (exact) mass is 287 g/mol. The molecular weight excluding hydrogens is 270 g/mol. The number of aryl methyl sites for hydroxylation is 1. The average Bonchev–Trinajstić information content (AvgIpc) is 2.68. The maximum absolute atomic E-state index is 12.6. The molecule has 2 unspecified atom stereocenters. The van der Waals surface area contributed by atoms with Crippen LogP contribution in [0.1, 0.15) is 47.2 Å². The van der Waals surface area contributed by atoms with E-state index in [1.807, 2.05) is 19.1 Å². The number of carbonyl (C=O) groups excluding carboxylic acids is 1. The highest BCUT2D eigenvalue weighted by atomic mass is 32.2. The van der Waals surface area contributed by atoms with E-state index < -0.39 is 10.8 Å². The molecule has 0 saturated carbocycles. The van der Waals surface area contributed by atoms with Gasteiger partial charge in [-0.1, -0.05) is 12.1 Å². The second-order valence-electron chi connectivity index (χ2n) is 5.82. The summed E-state index contributed by atoms with van der Waals surface area (Å²) in [6, 6.07) is 7.48. The highest BCUT2D eigenvalue weighted by molar-refractivity contribution is 7.86. The van der Waals surface area contributed by atoms with Crippen LogP contribution in [0.25, 0.3) is 0 Å². The number of hydrogen-bond acceptors (Lipinski definition) is 3. The lowest BCUT2D eigenvalue weighted by molar-refractivity contribution is 0.0906. The summed E-state index contributed by atoms with van der Waals surface area (Å²) >= 11 is 0. The molecule has 2 saturated heterocycles. The van der Waals surface area contributed by atoms with Crippen molar-refractivity contribution in [3.05, 3.63) is 34.9 Å². The number of Topliss-reactive ketones (excluding diaryl/α,β-unsaturated/α-hetero) is 1. The van der Waals surface area contributed by atoms with Crippen LogP contribution in [0.3, 0.4) is 0 Å². The van der Waals surface area contributed by atoms with Gasteiger partial charge >= 0.3 is 0 Å². The van der Waals surface area contributed by atoms with E-state index in [4.69, 9.17) is 5.26 Å². The molecule has 2 fully saturated rings. The van der Waals surface area contributed by atoms with Gasteiger partial charge in [0.15, 0.2) is 5.78 Å². The Morgan fingerprint density at radius 1 is 1.30 bits per heavy atom. The van der Waals surface area contributed by atoms with Gasteiger partial charge in [0.1, 0.15) is 0 Å². The van der Waals surface area contributed by atoms with Crippen LogP contribution in [0, 0.1) is 24.2 Å². The van der Waals surface area contributed by atoms with E-state index in [2.05, 4.69) is 6.07 Å². The Hall–Kier alpha value is -1.47. The fourth-order valence-electron chi connectivity index (χ4n) is 3.38. The number of hydrogen-bond donors (Lipinski definition) is 0. The fraction of sp³-hybridized carbons (Fsp3) is 0.500. The summed E-state index contributed by atoms with van der Waals surface area (Å²) in [5, 5.41) is 9.49. The molecule has 0 aromatic heterocycles. The minimum absolute atomic E-state index is 0.0144. The summed E-state index contributed by atoms with van der Waals surface area (Å²) in [5.41, 5.74) is 2.09. The van der Waals surface area contributed by atoms with Crippen LogP contribution < -0.4 is 0 Å². The van der Waals surface area contributed by atoms with E-state index in [1.54, 1.807) is 6.07 Å². The quantitative estimate of drug-likeness (QED) is 0.786. The van der Waals surface area contributed by atoms with Crippen LogP contribution in [-0.4, -0.2) is 20.5 Å². The summed E-state index contributed by atoms with van der Waals surface area (Å²) in [4.78, 5) is 12.6. The van der Waals surface area contributed by atoms with Crippen molar-refractivity contribution in [2.75, 3.05) is 0 Å². The number of carbonyl (C=O) groups is 1. The van der Waals surface area contributed by atoms with Crippen molar-refractivity contribution in [2.45, 2.75) is 43.1 Å². The summed E-state index contributed by atoms with van der Waals surface area (Å²) in [6.45, 7) is 1.87. The summed E-state index contributed by atoms with van der Waals surface area (Å²) < 4.78 is 12.0. The largest absolute Gasteiger partial charge is 0.294 e. The van der Waals surface area contributed by atoms with E-state index in [0.717, 1.165) is 31.2 Å². The summed E-state index contributed by atoms with van der Waals surface area (Å²) in [7, 11) is -0.726. The van der Waals surface area contributed by atoms with Gasteiger partial charge in [-0.3, -0.25) is 9.00 Å². The van der Waals surface area contributed by atoms with E-state index in [-0.39, 0.29) is 22.2 Å². The van der Waals surface area contributed by atoms with Crippen molar-refractivity contribution in [2.24, 2.45) is 5.92 Å². The minimum atomic E-state index is -0.726. The van der Waals surface area contributed by atoms with Gasteiger partial charge in [-0.25, -0.2) is 0 Å². The molecule has 1 aromatic rings. The molecule has 3 rings (SSSR count). The third kappa shape index (κ3) is 2.20. The van der Waals surface area contributed by atoms with Gasteiger partial charge in [0.25, 0.3) is 0 Å². The third-order valence-electron chi connectivity index (χ3n) is 4.58. The Labute approximate surface area is 121 Å². The number of benzene rings is 1. The molecule has 2 atom stereocenters. The first-order valence-electron chi connectivity index (χ1n) is 7.04. The maximum Gasteiger partial charge on any atom is 0.166 e.